The Morgan fingerprint density at radius 2 is 1.88 bits per heavy atom. The zero-order chi connectivity index (χ0) is 12.0. The largest absolute Gasteiger partial charge is 0.409 e. The summed E-state index contributed by atoms with van der Waals surface area (Å²) in [6.07, 6.45) is 1.06. The molecule has 0 spiro atoms. The average Bonchev–Trinajstić information content (AvgIpc) is 2.29. The maximum Gasteiger partial charge on any atom is 0.153 e. The fourth-order valence-electron chi connectivity index (χ4n) is 1.56. The molecule has 0 atom stereocenters. The van der Waals surface area contributed by atoms with Crippen LogP contribution in [-0.2, 0) is 13.0 Å². The highest BCUT2D eigenvalue weighted by Crippen LogP contribution is 2.06. The molecule has 0 radical (unpaired) electrons. The molecule has 0 amide bonds. The number of nitrogens with two attached hydrogens (primary N) is 1. The maximum absolute atomic E-state index is 8.45. The van der Waals surface area contributed by atoms with E-state index in [0.29, 0.717) is 6.54 Å². The van der Waals surface area contributed by atoms with Crippen LogP contribution in [0.5, 0.6) is 0 Å². The molecule has 0 bridgehead atoms. The molecule has 1 rings (SSSR count). The van der Waals surface area contributed by atoms with E-state index in [1.165, 1.54) is 11.1 Å². The Kier molecular flexibility index (Phi) is 4.79. The lowest BCUT2D eigenvalue weighted by molar-refractivity contribution is 0.308. The summed E-state index contributed by atoms with van der Waals surface area (Å²) in [5.41, 5.74) is 7.99. The van der Waals surface area contributed by atoms with E-state index in [9.17, 15) is 0 Å². The molecular weight excluding hydrogens is 202 g/mol. The lowest BCUT2D eigenvalue weighted by atomic mass is 10.1. The van der Waals surface area contributed by atoms with Crippen molar-refractivity contribution in [3.63, 3.8) is 0 Å². The van der Waals surface area contributed by atoms with Crippen LogP contribution in [-0.4, -0.2) is 29.5 Å². The highest BCUT2D eigenvalue weighted by atomic mass is 16.4. The average molecular weight is 221 g/mol. The number of likely N-dealkylation sites (N-methyl/N-ethyl adjacent to an activating group) is 1. The first kappa shape index (κ1) is 12.5. The van der Waals surface area contributed by atoms with Crippen molar-refractivity contribution >= 4 is 5.84 Å². The van der Waals surface area contributed by atoms with Crippen LogP contribution in [0.4, 0.5) is 0 Å². The molecule has 0 saturated carbocycles. The van der Waals surface area contributed by atoms with Crippen molar-refractivity contribution in [1.82, 2.24) is 4.90 Å². The highest BCUT2D eigenvalue weighted by Gasteiger charge is 2.02. The molecular formula is C12H19N3O. The van der Waals surface area contributed by atoms with Gasteiger partial charge in [-0.25, -0.2) is 0 Å². The van der Waals surface area contributed by atoms with Gasteiger partial charge < -0.3 is 10.9 Å². The van der Waals surface area contributed by atoms with Gasteiger partial charge in [-0.05, 0) is 24.6 Å². The van der Waals surface area contributed by atoms with Crippen LogP contribution < -0.4 is 5.73 Å². The summed E-state index contributed by atoms with van der Waals surface area (Å²) in [4.78, 5) is 2.00. The van der Waals surface area contributed by atoms with E-state index in [-0.39, 0.29) is 5.84 Å². The number of aryl methyl sites for hydroxylation is 1. The maximum atomic E-state index is 8.45. The predicted octanol–water partition coefficient (Wildman–Crippen LogP) is 1.43. The van der Waals surface area contributed by atoms with E-state index in [2.05, 4.69) is 36.3 Å². The van der Waals surface area contributed by atoms with E-state index in [4.69, 9.17) is 10.9 Å². The zero-order valence-electron chi connectivity index (χ0n) is 9.85. The monoisotopic (exact) mass is 221 g/mol. The van der Waals surface area contributed by atoms with Gasteiger partial charge in [-0.15, -0.1) is 0 Å². The molecule has 0 aliphatic heterocycles. The summed E-state index contributed by atoms with van der Waals surface area (Å²) >= 11 is 0. The summed E-state index contributed by atoms with van der Waals surface area (Å²) < 4.78 is 0. The summed E-state index contributed by atoms with van der Waals surface area (Å²) in [5.74, 6) is 0.229. The first-order chi connectivity index (χ1) is 7.65. The first-order valence-electron chi connectivity index (χ1n) is 5.38. The highest BCUT2D eigenvalue weighted by molar-refractivity contribution is 5.81. The second-order valence-corrected chi connectivity index (χ2v) is 3.93. The van der Waals surface area contributed by atoms with Crippen molar-refractivity contribution in [2.24, 2.45) is 10.9 Å². The third-order valence-electron chi connectivity index (χ3n) is 2.44. The second-order valence-electron chi connectivity index (χ2n) is 3.93. The molecule has 0 heterocycles. The Balaban J connectivity index is 2.52. The normalized spacial score (nSPS) is 12.1. The van der Waals surface area contributed by atoms with E-state index < -0.39 is 0 Å². The summed E-state index contributed by atoms with van der Waals surface area (Å²) in [7, 11) is 1.94. The van der Waals surface area contributed by atoms with Crippen molar-refractivity contribution in [3.8, 4) is 0 Å². The predicted molar refractivity (Wildman–Crippen MR) is 65.6 cm³/mol. The van der Waals surface area contributed by atoms with Gasteiger partial charge in [0.15, 0.2) is 5.84 Å². The Labute approximate surface area is 96.4 Å². The quantitative estimate of drug-likeness (QED) is 0.342. The van der Waals surface area contributed by atoms with E-state index in [0.717, 1.165) is 13.0 Å². The summed E-state index contributed by atoms with van der Waals surface area (Å²) in [6.45, 7) is 3.39. The lowest BCUT2D eigenvalue weighted by Gasteiger charge is -2.15. The van der Waals surface area contributed by atoms with Crippen LogP contribution >= 0.6 is 0 Å². The van der Waals surface area contributed by atoms with Gasteiger partial charge in [0.25, 0.3) is 0 Å². The molecule has 1 aromatic rings. The van der Waals surface area contributed by atoms with Crippen LogP contribution in [0.25, 0.3) is 0 Å². The number of benzene rings is 1. The van der Waals surface area contributed by atoms with Crippen molar-refractivity contribution < 1.29 is 5.21 Å². The Morgan fingerprint density at radius 3 is 2.38 bits per heavy atom. The number of amidine groups is 1. The fourth-order valence-corrected chi connectivity index (χ4v) is 1.56. The van der Waals surface area contributed by atoms with Gasteiger partial charge >= 0.3 is 0 Å². The third-order valence-corrected chi connectivity index (χ3v) is 2.44. The van der Waals surface area contributed by atoms with Crippen LogP contribution in [0.3, 0.4) is 0 Å². The van der Waals surface area contributed by atoms with E-state index >= 15 is 0 Å². The van der Waals surface area contributed by atoms with Crippen LogP contribution in [0.2, 0.25) is 0 Å². The Morgan fingerprint density at radius 1 is 1.31 bits per heavy atom. The molecule has 16 heavy (non-hydrogen) atoms. The van der Waals surface area contributed by atoms with Gasteiger partial charge in [-0.2, -0.15) is 0 Å². The standard InChI is InChI=1S/C12H19N3O/c1-3-10-4-6-11(7-5-10)8-15(2)9-12(13)14-16/h4-7,16H,3,8-9H2,1-2H3,(H2,13,14). The minimum absolute atomic E-state index is 0.229. The van der Waals surface area contributed by atoms with Crippen LogP contribution in [0.1, 0.15) is 18.1 Å². The Hall–Kier alpha value is -1.55. The SMILES string of the molecule is CCc1ccc(CN(C)CC(N)=NO)cc1. The molecule has 0 aliphatic carbocycles. The van der Waals surface area contributed by atoms with E-state index in [1.54, 1.807) is 0 Å². The number of hydrogen-bond acceptors (Lipinski definition) is 3. The second kappa shape index (κ2) is 6.12. The van der Waals surface area contributed by atoms with Gasteiger partial charge in [-0.1, -0.05) is 36.3 Å². The van der Waals surface area contributed by atoms with Crippen LogP contribution in [0.15, 0.2) is 29.4 Å². The molecule has 4 nitrogen and oxygen atoms in total. The topological polar surface area (TPSA) is 61.8 Å². The van der Waals surface area contributed by atoms with Gasteiger partial charge in [-0.3, -0.25) is 4.90 Å². The Bertz CT molecular complexity index is 346. The molecule has 1 aromatic carbocycles. The van der Waals surface area contributed by atoms with E-state index in [1.807, 2.05) is 11.9 Å². The molecule has 3 N–H and O–H groups in total. The van der Waals surface area contributed by atoms with Crippen molar-refractivity contribution in [3.05, 3.63) is 35.4 Å². The zero-order valence-corrected chi connectivity index (χ0v) is 9.85. The lowest BCUT2D eigenvalue weighted by Crippen LogP contribution is -2.30. The molecule has 0 aromatic heterocycles. The number of hydrogen-bond donors (Lipinski definition) is 2. The molecule has 0 fully saturated rings. The molecule has 0 unspecified atom stereocenters. The minimum atomic E-state index is 0.229. The van der Waals surface area contributed by atoms with Gasteiger partial charge in [0, 0.05) is 6.54 Å². The summed E-state index contributed by atoms with van der Waals surface area (Å²) in [5, 5.41) is 11.4. The number of oxime groups is 1. The smallest absolute Gasteiger partial charge is 0.153 e. The van der Waals surface area contributed by atoms with Crippen molar-refractivity contribution in [2.75, 3.05) is 13.6 Å². The third kappa shape index (κ3) is 3.90. The van der Waals surface area contributed by atoms with Gasteiger partial charge in [0.1, 0.15) is 0 Å². The molecule has 0 aliphatic rings. The van der Waals surface area contributed by atoms with Crippen molar-refractivity contribution in [2.45, 2.75) is 19.9 Å². The van der Waals surface area contributed by atoms with Crippen LogP contribution in [0, 0.1) is 0 Å². The summed E-state index contributed by atoms with van der Waals surface area (Å²) in [6, 6.07) is 8.49. The fraction of sp³-hybridized carbons (Fsp3) is 0.417. The molecule has 4 heteroatoms. The van der Waals surface area contributed by atoms with Gasteiger partial charge in [0.05, 0.1) is 6.54 Å². The molecule has 0 saturated heterocycles. The number of rotatable bonds is 5. The van der Waals surface area contributed by atoms with Gasteiger partial charge in [0.2, 0.25) is 0 Å². The molecule has 88 valence electrons. The van der Waals surface area contributed by atoms with Crippen molar-refractivity contribution in [1.29, 1.82) is 0 Å². The first-order valence-corrected chi connectivity index (χ1v) is 5.38. The minimum Gasteiger partial charge on any atom is -0.409 e. The number of nitrogens with zero attached hydrogens (tertiary/aromatic N) is 2.